The van der Waals surface area contributed by atoms with Gasteiger partial charge in [0.25, 0.3) is 0 Å². The van der Waals surface area contributed by atoms with Gasteiger partial charge in [0.15, 0.2) is 0 Å². The molecular weight excluding hydrogens is 157 g/mol. The van der Waals surface area contributed by atoms with Crippen LogP contribution in [-0.4, -0.2) is 26.0 Å². The Hall–Kier alpha value is 0.0800. The molecule has 0 aliphatic carbocycles. The zero-order chi connectivity index (χ0) is 8.15. The van der Waals surface area contributed by atoms with E-state index in [9.17, 15) is 4.79 Å². The zero-order valence-corrected chi connectivity index (χ0v) is 6.90. The summed E-state index contributed by atoms with van der Waals surface area (Å²) in [5, 5.41) is 0. The molecule has 3 nitrogen and oxygen atoms in total. The van der Waals surface area contributed by atoms with Crippen molar-refractivity contribution < 1.29 is 9.53 Å². The van der Waals surface area contributed by atoms with E-state index in [2.05, 4.69) is 12.8 Å². The van der Waals surface area contributed by atoms with Gasteiger partial charge in [0, 0.05) is 5.75 Å². The second kappa shape index (κ2) is 4.91. The van der Waals surface area contributed by atoms with Gasteiger partial charge in [-0.2, -0.15) is 10.8 Å². The first-order chi connectivity index (χ1) is 4.57. The van der Waals surface area contributed by atoms with Crippen molar-refractivity contribution in [3.63, 3.8) is 0 Å². The lowest BCUT2D eigenvalue weighted by Crippen LogP contribution is -2.34. The molecule has 0 aromatic rings. The molecule has 0 rings (SSSR count). The summed E-state index contributed by atoms with van der Waals surface area (Å²) in [6.07, 6.45) is 0. The van der Waals surface area contributed by atoms with Gasteiger partial charge >= 0.3 is 5.97 Å². The van der Waals surface area contributed by atoms with E-state index in [0.717, 1.165) is 0 Å². The molecule has 0 aromatic carbocycles. The van der Waals surface area contributed by atoms with Gasteiger partial charge in [-0.05, 0) is 0 Å². The van der Waals surface area contributed by atoms with Crippen LogP contribution in [0, 0.1) is 0 Å². The van der Waals surface area contributed by atoms with Crippen molar-refractivity contribution in [1.29, 1.82) is 1.12 Å². The molecule has 0 saturated heterocycles. The summed E-state index contributed by atoms with van der Waals surface area (Å²) >= 11 is 0. The SMILES string of the molecule is [3H]S(=P)CC(N)C(=O)OC. The van der Waals surface area contributed by atoms with Gasteiger partial charge < -0.3 is 10.5 Å². The van der Waals surface area contributed by atoms with Crippen LogP contribution in [0.2, 0.25) is 0 Å². The quantitative estimate of drug-likeness (QED) is 0.335. The van der Waals surface area contributed by atoms with Gasteiger partial charge in [0.05, 0.1) is 7.11 Å². The molecule has 54 valence electrons. The summed E-state index contributed by atoms with van der Waals surface area (Å²) in [5.74, 6) is -0.174. The van der Waals surface area contributed by atoms with Gasteiger partial charge in [0.1, 0.15) is 7.17 Å². The molecule has 0 aliphatic heterocycles. The second-order valence-electron chi connectivity index (χ2n) is 1.44. The molecule has 0 radical (unpaired) electrons. The number of esters is 1. The van der Waals surface area contributed by atoms with E-state index in [0.29, 0.717) is 5.75 Å². The minimum absolute atomic E-state index is 0.295. The number of rotatable bonds is 3. The van der Waals surface area contributed by atoms with E-state index in [1.807, 2.05) is 0 Å². The first-order valence-corrected chi connectivity index (χ1v) is 4.55. The van der Waals surface area contributed by atoms with Crippen molar-refractivity contribution in [1.82, 2.24) is 0 Å². The average molecular weight is 169 g/mol. The number of carbonyl (C=O) groups is 1. The first kappa shape index (κ1) is 7.19. The van der Waals surface area contributed by atoms with Crippen molar-refractivity contribution in [2.45, 2.75) is 6.04 Å². The molecule has 0 amide bonds. The van der Waals surface area contributed by atoms with Gasteiger partial charge in [-0.3, -0.25) is 4.79 Å². The lowest BCUT2D eigenvalue weighted by atomic mass is 10.4. The zero-order valence-electron chi connectivity index (χ0n) is 6.09. The second-order valence-corrected chi connectivity index (χ2v) is 2.93. The maximum Gasteiger partial charge on any atom is 0.323 e. The highest BCUT2D eigenvalue weighted by Gasteiger charge is 2.10. The summed E-state index contributed by atoms with van der Waals surface area (Å²) in [6, 6.07) is -0.677. The van der Waals surface area contributed by atoms with Crippen LogP contribution in [0.5, 0.6) is 0 Å². The average Bonchev–Trinajstić information content (AvgIpc) is 1.85. The monoisotopic (exact) mass is 169 g/mol. The number of ether oxygens (including phenoxy) is 1. The van der Waals surface area contributed by atoms with Gasteiger partial charge in [-0.25, -0.2) is 0 Å². The van der Waals surface area contributed by atoms with Crippen molar-refractivity contribution >= 4 is 24.8 Å². The highest BCUT2D eigenvalue weighted by atomic mass is 32.5. The number of hydrogen-bond donors (Lipinski definition) is 2. The van der Waals surface area contributed by atoms with Crippen LogP contribution < -0.4 is 5.73 Å². The van der Waals surface area contributed by atoms with E-state index < -0.39 is 22.9 Å². The predicted octanol–water partition coefficient (Wildman–Crippen LogP) is -0.641. The molecule has 2 N–H and O–H groups in total. The fourth-order valence-corrected chi connectivity index (χ4v) is 1.16. The molecule has 5 heteroatoms. The van der Waals surface area contributed by atoms with Crippen LogP contribution in [0.25, 0.3) is 0 Å². The van der Waals surface area contributed by atoms with E-state index in [4.69, 9.17) is 6.86 Å². The Morgan fingerprint density at radius 3 is 3.11 bits per heavy atom. The highest BCUT2D eigenvalue weighted by Crippen LogP contribution is 1.83. The number of methoxy groups -OCH3 is 1. The summed E-state index contributed by atoms with van der Waals surface area (Å²) in [7, 11) is 3.56. The van der Waals surface area contributed by atoms with E-state index in [1.54, 1.807) is 0 Å². The summed E-state index contributed by atoms with van der Waals surface area (Å²) in [6.45, 7) is 0. The Morgan fingerprint density at radius 1 is 2.22 bits per heavy atom. The third kappa shape index (κ3) is 3.62. The van der Waals surface area contributed by atoms with Crippen LogP contribution >= 0.6 is 8.02 Å². The molecule has 0 fully saturated rings. The van der Waals surface area contributed by atoms with Gasteiger partial charge in [-0.15, -0.1) is 0 Å². The minimum Gasteiger partial charge on any atom is -0.468 e. The van der Waals surface area contributed by atoms with Crippen molar-refractivity contribution in [2.75, 3.05) is 12.9 Å². The number of nitrogens with two attached hydrogens (primary N) is 1. The molecule has 0 heterocycles. The molecule has 0 spiro atoms. The molecule has 0 aromatic heterocycles. The van der Waals surface area contributed by atoms with E-state index >= 15 is 0 Å². The Morgan fingerprint density at radius 2 is 2.78 bits per heavy atom. The van der Waals surface area contributed by atoms with Crippen LogP contribution in [0.15, 0.2) is 0 Å². The lowest BCUT2D eigenvalue weighted by Gasteiger charge is -2.03. The number of thiol groups is 1. The number of hydrogen-bond acceptors (Lipinski definition) is 3. The molecule has 2 atom stereocenters. The van der Waals surface area contributed by atoms with Crippen molar-refractivity contribution in [3.05, 3.63) is 0 Å². The van der Waals surface area contributed by atoms with Crippen LogP contribution in [0.1, 0.15) is 0 Å². The van der Waals surface area contributed by atoms with Crippen LogP contribution in [0.4, 0.5) is 0 Å². The smallest absolute Gasteiger partial charge is 0.323 e. The van der Waals surface area contributed by atoms with Crippen molar-refractivity contribution in [2.24, 2.45) is 5.73 Å². The van der Waals surface area contributed by atoms with Crippen molar-refractivity contribution in [3.8, 4) is 0 Å². The van der Waals surface area contributed by atoms with E-state index in [-0.39, 0.29) is 0 Å². The Balaban J connectivity index is 3.72. The van der Waals surface area contributed by atoms with Gasteiger partial charge in [-0.1, -0.05) is 8.02 Å². The van der Waals surface area contributed by atoms with E-state index in [1.165, 1.54) is 7.11 Å². The van der Waals surface area contributed by atoms with Gasteiger partial charge in [0.2, 0.25) is 0 Å². The van der Waals surface area contributed by atoms with Crippen LogP contribution in [0.3, 0.4) is 0 Å². The summed E-state index contributed by atoms with van der Waals surface area (Å²) < 4.78 is 11.4. The lowest BCUT2D eigenvalue weighted by molar-refractivity contribution is -0.141. The Bertz CT molecular complexity index is 154. The third-order valence-electron chi connectivity index (χ3n) is 0.767. The Kier molecular flexibility index (Phi) is 3.92. The molecule has 2 unspecified atom stereocenters. The molecule has 0 saturated carbocycles. The fraction of sp³-hybridized carbons (Fsp3) is 0.750. The highest BCUT2D eigenvalue weighted by molar-refractivity contribution is 8.02. The fourth-order valence-electron chi connectivity index (χ4n) is 0.309. The molecule has 0 aliphatic rings. The first-order valence-electron chi connectivity index (χ1n) is 2.75. The molecular formula is C4H10NO2PS. The van der Waals surface area contributed by atoms with Crippen LogP contribution in [-0.2, 0) is 20.4 Å². The largest absolute Gasteiger partial charge is 0.468 e. The standard InChI is InChI=1S/C4H10NO2PS/c1-7-4(6)3(5)2-9-8/h3,8-9H,2,5H2,1H3/i9T. The third-order valence-corrected chi connectivity index (χ3v) is 1.79. The predicted molar refractivity (Wildman–Crippen MR) is 41.9 cm³/mol. The molecule has 9 heavy (non-hydrogen) atoms. The number of carbonyl (C=O) groups excluding carboxylic acids is 1. The Labute approximate surface area is 60.9 Å². The maximum atomic E-state index is 10.6. The summed E-state index contributed by atoms with van der Waals surface area (Å²) in [5.41, 5.74) is 5.31. The normalized spacial score (nSPS) is 17.8. The summed E-state index contributed by atoms with van der Waals surface area (Å²) in [4.78, 5) is 10.6. The maximum absolute atomic E-state index is 10.6. The molecule has 0 bridgehead atoms. The minimum atomic E-state index is -0.738. The topological polar surface area (TPSA) is 52.3 Å².